The number of anilines is 1. The largest absolute Gasteiger partial charge is 0.495 e. The van der Waals surface area contributed by atoms with Crippen molar-refractivity contribution in [3.8, 4) is 5.75 Å². The molecule has 2 saturated heterocycles. The second kappa shape index (κ2) is 8.99. The van der Waals surface area contributed by atoms with Gasteiger partial charge in [-0.05, 0) is 24.6 Å². The van der Waals surface area contributed by atoms with E-state index in [0.717, 1.165) is 18.0 Å². The third-order valence-corrected chi connectivity index (χ3v) is 6.28. The summed E-state index contributed by atoms with van der Waals surface area (Å²) in [5.74, 6) is -0.505. The lowest BCUT2D eigenvalue weighted by molar-refractivity contribution is -0.129. The van der Waals surface area contributed by atoms with Gasteiger partial charge in [0.15, 0.2) is 0 Å². The SMILES string of the molecule is COc1ccc(N2C(=O)CCCC2=O)cc1S(=O)(=O)NCCN1CCOCC1. The van der Waals surface area contributed by atoms with Gasteiger partial charge < -0.3 is 9.47 Å². The number of methoxy groups -OCH3 is 1. The Hall–Kier alpha value is -2.01. The quantitative estimate of drug-likeness (QED) is 0.646. The minimum Gasteiger partial charge on any atom is -0.495 e. The molecule has 0 aliphatic carbocycles. The molecule has 0 unspecified atom stereocenters. The summed E-state index contributed by atoms with van der Waals surface area (Å²) in [7, 11) is -2.51. The van der Waals surface area contributed by atoms with Gasteiger partial charge in [-0.25, -0.2) is 13.1 Å². The zero-order chi connectivity index (χ0) is 20.1. The Labute approximate surface area is 164 Å². The molecule has 1 aromatic rings. The van der Waals surface area contributed by atoms with E-state index in [9.17, 15) is 18.0 Å². The third kappa shape index (κ3) is 4.69. The molecule has 28 heavy (non-hydrogen) atoms. The van der Waals surface area contributed by atoms with Crippen LogP contribution in [-0.4, -0.2) is 71.6 Å². The molecule has 2 amide bonds. The molecular weight excluding hydrogens is 386 g/mol. The molecule has 0 atom stereocenters. The Morgan fingerprint density at radius 3 is 2.46 bits per heavy atom. The van der Waals surface area contributed by atoms with E-state index in [1.54, 1.807) is 0 Å². The first-order valence-electron chi connectivity index (χ1n) is 9.26. The normalized spacial score (nSPS) is 19.1. The van der Waals surface area contributed by atoms with Crippen LogP contribution < -0.4 is 14.4 Å². The van der Waals surface area contributed by atoms with E-state index < -0.39 is 10.0 Å². The Morgan fingerprint density at radius 2 is 1.82 bits per heavy atom. The molecule has 1 aromatic carbocycles. The number of benzene rings is 1. The van der Waals surface area contributed by atoms with Gasteiger partial charge in [-0.3, -0.25) is 19.4 Å². The Kier molecular flexibility index (Phi) is 6.65. The maximum Gasteiger partial charge on any atom is 0.244 e. The van der Waals surface area contributed by atoms with E-state index in [1.807, 2.05) is 0 Å². The van der Waals surface area contributed by atoms with Crippen molar-refractivity contribution in [2.24, 2.45) is 0 Å². The van der Waals surface area contributed by atoms with Crippen LogP contribution in [0.5, 0.6) is 5.75 Å². The van der Waals surface area contributed by atoms with E-state index >= 15 is 0 Å². The first-order chi connectivity index (χ1) is 13.4. The summed E-state index contributed by atoms with van der Waals surface area (Å²) in [6.07, 6.45) is 1.04. The molecule has 0 saturated carbocycles. The summed E-state index contributed by atoms with van der Waals surface area (Å²) in [5, 5.41) is 0. The summed E-state index contributed by atoms with van der Waals surface area (Å²) in [4.78, 5) is 27.4. The maximum absolute atomic E-state index is 12.8. The average Bonchev–Trinajstić information content (AvgIpc) is 2.68. The Bertz CT molecular complexity index is 820. The molecule has 2 aliphatic heterocycles. The number of hydrogen-bond acceptors (Lipinski definition) is 7. The van der Waals surface area contributed by atoms with Crippen molar-refractivity contribution in [3.63, 3.8) is 0 Å². The highest BCUT2D eigenvalue weighted by molar-refractivity contribution is 7.89. The van der Waals surface area contributed by atoms with Crippen LogP contribution in [-0.2, 0) is 24.3 Å². The second-order valence-electron chi connectivity index (χ2n) is 6.66. The smallest absolute Gasteiger partial charge is 0.244 e. The highest BCUT2D eigenvalue weighted by Crippen LogP contribution is 2.31. The van der Waals surface area contributed by atoms with E-state index in [-0.39, 0.29) is 47.5 Å². The average molecular weight is 411 g/mol. The number of carbonyl (C=O) groups excluding carboxylic acids is 2. The predicted octanol–water partition coefficient (Wildman–Crippen LogP) is 0.349. The van der Waals surface area contributed by atoms with Crippen LogP contribution in [0.25, 0.3) is 0 Å². The van der Waals surface area contributed by atoms with Crippen LogP contribution in [0.1, 0.15) is 19.3 Å². The van der Waals surface area contributed by atoms with Crippen LogP contribution >= 0.6 is 0 Å². The molecule has 10 heteroatoms. The molecule has 2 heterocycles. The van der Waals surface area contributed by atoms with E-state index in [2.05, 4.69) is 9.62 Å². The molecule has 0 bridgehead atoms. The van der Waals surface area contributed by atoms with Gasteiger partial charge in [0.25, 0.3) is 0 Å². The second-order valence-corrected chi connectivity index (χ2v) is 8.40. The maximum atomic E-state index is 12.8. The number of amides is 2. The fourth-order valence-electron chi connectivity index (χ4n) is 3.30. The molecule has 2 fully saturated rings. The fraction of sp³-hybridized carbons (Fsp3) is 0.556. The van der Waals surface area contributed by atoms with E-state index in [4.69, 9.17) is 9.47 Å². The van der Waals surface area contributed by atoms with Crippen molar-refractivity contribution in [1.82, 2.24) is 9.62 Å². The van der Waals surface area contributed by atoms with Crippen molar-refractivity contribution in [2.45, 2.75) is 24.2 Å². The summed E-state index contributed by atoms with van der Waals surface area (Å²) >= 11 is 0. The molecule has 9 nitrogen and oxygen atoms in total. The van der Waals surface area contributed by atoms with Gasteiger partial charge in [-0.2, -0.15) is 0 Å². The summed E-state index contributed by atoms with van der Waals surface area (Å²) in [5.41, 5.74) is 0.240. The van der Waals surface area contributed by atoms with E-state index in [0.29, 0.717) is 26.2 Å². The van der Waals surface area contributed by atoms with Gasteiger partial charge in [0.2, 0.25) is 21.8 Å². The zero-order valence-corrected chi connectivity index (χ0v) is 16.7. The van der Waals surface area contributed by atoms with Crippen molar-refractivity contribution >= 4 is 27.5 Å². The molecule has 3 rings (SSSR count). The molecule has 0 radical (unpaired) electrons. The minimum atomic E-state index is -3.88. The number of rotatable bonds is 7. The molecule has 0 spiro atoms. The van der Waals surface area contributed by atoms with Crippen molar-refractivity contribution in [1.29, 1.82) is 0 Å². The van der Waals surface area contributed by atoms with Crippen LogP contribution in [0.4, 0.5) is 5.69 Å². The van der Waals surface area contributed by atoms with Gasteiger partial charge >= 0.3 is 0 Å². The number of nitrogens with one attached hydrogen (secondary N) is 1. The van der Waals surface area contributed by atoms with Crippen molar-refractivity contribution in [2.75, 3.05) is 51.4 Å². The number of ether oxygens (including phenoxy) is 2. The van der Waals surface area contributed by atoms with Crippen LogP contribution in [0.3, 0.4) is 0 Å². The lowest BCUT2D eigenvalue weighted by Gasteiger charge is -2.27. The van der Waals surface area contributed by atoms with Crippen LogP contribution in [0, 0.1) is 0 Å². The summed E-state index contributed by atoms with van der Waals surface area (Å²) < 4.78 is 38.7. The van der Waals surface area contributed by atoms with Gasteiger partial charge in [0, 0.05) is 39.0 Å². The van der Waals surface area contributed by atoms with Gasteiger partial charge in [-0.1, -0.05) is 0 Å². The lowest BCUT2D eigenvalue weighted by atomic mass is 10.1. The number of carbonyl (C=O) groups is 2. The third-order valence-electron chi connectivity index (χ3n) is 4.80. The zero-order valence-electron chi connectivity index (χ0n) is 15.8. The van der Waals surface area contributed by atoms with Crippen LogP contribution in [0.15, 0.2) is 23.1 Å². The molecule has 2 aliphatic rings. The van der Waals surface area contributed by atoms with Gasteiger partial charge in [0.1, 0.15) is 10.6 Å². The van der Waals surface area contributed by atoms with Crippen molar-refractivity contribution < 1.29 is 27.5 Å². The standard InChI is InChI=1S/C18H25N3O6S/c1-26-15-6-5-14(21-17(22)3-2-4-18(21)23)13-16(15)28(24,25)19-7-8-20-9-11-27-12-10-20/h5-6,13,19H,2-4,7-12H2,1H3. The minimum absolute atomic E-state index is 0.0966. The number of sulfonamides is 1. The first kappa shape index (κ1) is 20.7. The van der Waals surface area contributed by atoms with Crippen LogP contribution in [0.2, 0.25) is 0 Å². The molecule has 154 valence electrons. The number of piperidine rings is 1. The topological polar surface area (TPSA) is 105 Å². The monoisotopic (exact) mass is 411 g/mol. The number of hydrogen-bond donors (Lipinski definition) is 1. The summed E-state index contributed by atoms with van der Waals surface area (Å²) in [6.45, 7) is 3.60. The molecule has 1 N–H and O–H groups in total. The highest BCUT2D eigenvalue weighted by Gasteiger charge is 2.29. The van der Waals surface area contributed by atoms with Gasteiger partial charge in [-0.15, -0.1) is 0 Å². The Morgan fingerprint density at radius 1 is 1.14 bits per heavy atom. The first-order valence-corrected chi connectivity index (χ1v) is 10.7. The number of imide groups is 1. The summed E-state index contributed by atoms with van der Waals surface area (Å²) in [6, 6.07) is 4.30. The number of nitrogens with zero attached hydrogens (tertiary/aromatic N) is 2. The van der Waals surface area contributed by atoms with E-state index in [1.165, 1.54) is 25.3 Å². The molecular formula is C18H25N3O6S. The van der Waals surface area contributed by atoms with Crippen molar-refractivity contribution in [3.05, 3.63) is 18.2 Å². The highest BCUT2D eigenvalue weighted by atomic mass is 32.2. The Balaban J connectivity index is 1.78. The fourth-order valence-corrected chi connectivity index (χ4v) is 4.50. The predicted molar refractivity (Wildman–Crippen MR) is 102 cm³/mol. The molecule has 0 aromatic heterocycles. The van der Waals surface area contributed by atoms with Gasteiger partial charge in [0.05, 0.1) is 26.0 Å². The number of morpholine rings is 1. The lowest BCUT2D eigenvalue weighted by Crippen LogP contribution is -2.41.